The van der Waals surface area contributed by atoms with E-state index in [0.29, 0.717) is 76.2 Å². The van der Waals surface area contributed by atoms with Crippen LogP contribution in [-0.4, -0.2) is 117 Å². The largest absolute Gasteiger partial charge is 0.461 e. The third-order valence-corrected chi connectivity index (χ3v) is 19.1. The summed E-state index contributed by atoms with van der Waals surface area (Å²) in [4.78, 5) is 77.1. The molecule has 2 amide bonds. The minimum atomic E-state index is -0.822. The summed E-state index contributed by atoms with van der Waals surface area (Å²) in [6.07, 6.45) is 4.50. The van der Waals surface area contributed by atoms with Gasteiger partial charge in [-0.05, 0) is 111 Å². The predicted molar refractivity (Wildman–Crippen MR) is 299 cm³/mol. The Balaban J connectivity index is 0.744. The number of aromatic nitrogens is 4. The van der Waals surface area contributed by atoms with Crippen molar-refractivity contribution < 1.29 is 41.8 Å². The molecule has 13 rings (SSSR count). The molecule has 2 atom stereocenters. The highest BCUT2D eigenvalue weighted by Gasteiger charge is 2.46. The van der Waals surface area contributed by atoms with Gasteiger partial charge in [0.15, 0.2) is 5.82 Å². The van der Waals surface area contributed by atoms with E-state index in [4.69, 9.17) is 41.5 Å². The van der Waals surface area contributed by atoms with Crippen molar-refractivity contribution in [1.29, 1.82) is 5.26 Å². The highest BCUT2D eigenvalue weighted by atomic mass is 35.5. The van der Waals surface area contributed by atoms with Crippen LogP contribution in [0, 0.1) is 35.7 Å². The number of piperazine rings is 1. The fraction of sp³-hybridized carbons (Fsp3) is 0.390. The van der Waals surface area contributed by atoms with E-state index < -0.39 is 54.0 Å². The Kier molecular flexibility index (Phi) is 12.8. The maximum absolute atomic E-state index is 17.4. The molecule has 416 valence electrons. The maximum Gasteiger partial charge on any atom is 0.410 e. The van der Waals surface area contributed by atoms with Crippen LogP contribution in [0.4, 0.5) is 28.8 Å². The number of hydrogen-bond acceptors (Lipinski definition) is 15. The standard InChI is InChI=1S/C59H54ClF3N10O7S/c1-5-30-33-21-43-49-36(24-73(43)55(75)37(33)26-78-56(30)76)47-42(11-9-31-29(3)40(62)22-41(66-49)46(31)47)69(4)58(77)79-25-28(2)54(74)71-18-16-70(17-19-71)53-34-20-38(60)45(32-8-10-39(61)51-44(32)35(23-64)52(65)81-51)48(63)50(34)67-57(68-53)80-27-59-12-6-14-72(59)15-7-13-59/h8,10,20-22,30,42H,2,5-7,9,11-19,24-27,65H2,1,3-4H3. The molecule has 81 heavy (non-hydrogen) atoms. The normalized spacial score (nSPS) is 18.9. The summed E-state index contributed by atoms with van der Waals surface area (Å²) in [6, 6.07) is 8.73. The molecular weight excluding hydrogens is 1090 g/mol. The van der Waals surface area contributed by atoms with Crippen LogP contribution < -0.4 is 20.9 Å². The Morgan fingerprint density at radius 1 is 1.01 bits per heavy atom. The van der Waals surface area contributed by atoms with Crippen molar-refractivity contribution in [1.82, 2.24) is 34.2 Å². The van der Waals surface area contributed by atoms with Crippen LogP contribution in [0.25, 0.3) is 54.4 Å². The van der Waals surface area contributed by atoms with Crippen molar-refractivity contribution in [2.75, 3.05) is 70.2 Å². The van der Waals surface area contributed by atoms with Gasteiger partial charge in [0, 0.05) is 72.2 Å². The van der Waals surface area contributed by atoms with Crippen LogP contribution in [-0.2, 0) is 38.6 Å². The summed E-state index contributed by atoms with van der Waals surface area (Å²) in [5.74, 6) is -2.98. The van der Waals surface area contributed by atoms with E-state index in [9.17, 15) is 24.4 Å². The SMILES string of the molecule is C=C(COC(=O)N(C)C1CCc2c(C)c(F)cc3nc4c(c1c23)Cn1c-4cc2c(c1=O)COC(=O)C2CC)C(=O)N1CCN(c2nc(OCC34CCCN3CCC4)nc3c(F)c(-c4ccc(F)c5sc(N)c(C#N)c45)c(Cl)cc23)CC1. The topological polar surface area (TPSA) is 202 Å². The summed E-state index contributed by atoms with van der Waals surface area (Å²) in [5.41, 5.74) is 10.8. The third-order valence-electron chi connectivity index (χ3n) is 17.8. The summed E-state index contributed by atoms with van der Waals surface area (Å²) in [6.45, 7) is 10.3. The first-order valence-corrected chi connectivity index (χ1v) is 28.4. The van der Waals surface area contributed by atoms with E-state index in [-0.39, 0.29) is 110 Å². The van der Waals surface area contributed by atoms with E-state index in [1.54, 1.807) is 29.5 Å². The van der Waals surface area contributed by atoms with Gasteiger partial charge in [0.2, 0.25) is 0 Å². The molecule has 2 unspecified atom stereocenters. The van der Waals surface area contributed by atoms with Gasteiger partial charge in [0.25, 0.3) is 11.5 Å². The lowest BCUT2D eigenvalue weighted by atomic mass is 9.81. The van der Waals surface area contributed by atoms with E-state index >= 15 is 13.2 Å². The number of hydrogen-bond donors (Lipinski definition) is 1. The lowest BCUT2D eigenvalue weighted by molar-refractivity contribution is -0.148. The highest BCUT2D eigenvalue weighted by molar-refractivity contribution is 7.23. The molecule has 1 aliphatic carbocycles. The first-order valence-electron chi connectivity index (χ1n) is 27.2. The number of amides is 2. The number of nitrogens with zero attached hydrogens (tertiary/aromatic N) is 9. The molecule has 3 aromatic carbocycles. The van der Waals surface area contributed by atoms with Gasteiger partial charge in [-0.2, -0.15) is 15.2 Å². The van der Waals surface area contributed by atoms with E-state index in [0.717, 1.165) is 61.2 Å². The van der Waals surface area contributed by atoms with Crippen LogP contribution in [0.15, 0.2) is 47.3 Å². The van der Waals surface area contributed by atoms with Gasteiger partial charge in [0.05, 0.1) is 61.8 Å². The number of pyridine rings is 2. The number of aryl methyl sites for hydroxylation is 1. The lowest BCUT2D eigenvalue weighted by Crippen LogP contribution is -2.49. The zero-order valence-corrected chi connectivity index (χ0v) is 46.2. The molecular formula is C59H54ClF3N10O7S. The molecule has 3 fully saturated rings. The predicted octanol–water partition coefficient (Wildman–Crippen LogP) is 9.60. The zero-order chi connectivity index (χ0) is 56.5. The number of esters is 1. The molecule has 17 nitrogen and oxygen atoms in total. The number of benzene rings is 3. The van der Waals surface area contributed by atoms with Crippen molar-refractivity contribution >= 4 is 83.6 Å². The second kappa shape index (κ2) is 19.7. The van der Waals surface area contributed by atoms with E-state index in [2.05, 4.69) is 16.5 Å². The van der Waals surface area contributed by atoms with Crippen molar-refractivity contribution in [3.8, 4) is 34.6 Å². The number of thiophene rings is 1. The van der Waals surface area contributed by atoms with Gasteiger partial charge in [-0.3, -0.25) is 19.3 Å². The van der Waals surface area contributed by atoms with Crippen LogP contribution in [0.2, 0.25) is 5.02 Å². The van der Waals surface area contributed by atoms with Crippen LogP contribution in [0.5, 0.6) is 6.01 Å². The molecule has 2 N–H and O–H groups in total. The van der Waals surface area contributed by atoms with Crippen LogP contribution in [0.1, 0.15) is 96.4 Å². The fourth-order valence-corrected chi connectivity index (χ4v) is 14.8. The van der Waals surface area contributed by atoms with Crippen molar-refractivity contribution in [3.05, 3.63) is 114 Å². The minimum absolute atomic E-state index is 0.0126. The van der Waals surface area contributed by atoms with Crippen LogP contribution >= 0.6 is 22.9 Å². The van der Waals surface area contributed by atoms with Gasteiger partial charge >= 0.3 is 18.1 Å². The summed E-state index contributed by atoms with van der Waals surface area (Å²) < 4.78 is 67.6. The number of nitrogen functional groups attached to an aromatic ring is 1. The Morgan fingerprint density at radius 3 is 2.52 bits per heavy atom. The lowest BCUT2D eigenvalue weighted by Gasteiger charge is -2.36. The molecule has 5 aliphatic heterocycles. The quantitative estimate of drug-likeness (QED) is 0.100. The fourth-order valence-electron chi connectivity index (χ4n) is 13.6. The number of halogens is 4. The summed E-state index contributed by atoms with van der Waals surface area (Å²) in [5, 5.41) is 11.2. The number of nitrogens with two attached hydrogens (primary N) is 1. The molecule has 0 spiro atoms. The van der Waals surface area contributed by atoms with E-state index in [1.165, 1.54) is 23.1 Å². The molecule has 7 aromatic rings. The van der Waals surface area contributed by atoms with Gasteiger partial charge in [-0.25, -0.2) is 22.9 Å². The Bertz CT molecular complexity index is 4050. The average Bonchev–Trinajstić information content (AvgIpc) is 3.60. The molecule has 6 aliphatic rings. The smallest absolute Gasteiger partial charge is 0.410 e. The van der Waals surface area contributed by atoms with Crippen molar-refractivity contribution in [2.24, 2.45) is 0 Å². The first-order chi connectivity index (χ1) is 39.0. The van der Waals surface area contributed by atoms with Gasteiger partial charge in [-0.15, -0.1) is 11.3 Å². The Morgan fingerprint density at radius 2 is 1.78 bits per heavy atom. The monoisotopic (exact) mass is 1140 g/mol. The number of nitriles is 1. The number of carbonyl (C=O) groups excluding carboxylic acids is 3. The second-order valence-electron chi connectivity index (χ2n) is 22.0. The number of carbonyl (C=O) groups is 3. The molecule has 9 heterocycles. The summed E-state index contributed by atoms with van der Waals surface area (Å²) in [7, 11) is 1.61. The second-order valence-corrected chi connectivity index (χ2v) is 23.4. The first kappa shape index (κ1) is 52.6. The zero-order valence-electron chi connectivity index (χ0n) is 44.6. The van der Waals surface area contributed by atoms with Crippen molar-refractivity contribution in [3.63, 3.8) is 0 Å². The molecule has 0 saturated carbocycles. The Hall–Kier alpha value is -7.80. The maximum atomic E-state index is 17.4. The average molecular weight is 1140 g/mol. The number of anilines is 2. The number of rotatable bonds is 10. The highest BCUT2D eigenvalue weighted by Crippen LogP contribution is 2.49. The summed E-state index contributed by atoms with van der Waals surface area (Å²) >= 11 is 7.88. The minimum Gasteiger partial charge on any atom is -0.461 e. The number of ether oxygens (including phenoxy) is 3. The molecule has 0 bridgehead atoms. The number of fused-ring (bicyclic) bond motifs is 8. The molecule has 0 radical (unpaired) electrons. The van der Waals surface area contributed by atoms with Gasteiger partial charge in [0.1, 0.15) is 53.9 Å². The molecule has 4 aromatic heterocycles. The third kappa shape index (κ3) is 8.21. The Labute approximate surface area is 471 Å². The van der Waals surface area contributed by atoms with Gasteiger partial charge in [-0.1, -0.05) is 31.2 Å². The van der Waals surface area contributed by atoms with Crippen LogP contribution in [0.3, 0.4) is 0 Å². The van der Waals surface area contributed by atoms with E-state index in [1.807, 2.05) is 24.0 Å². The molecule has 22 heteroatoms. The van der Waals surface area contributed by atoms with Crippen molar-refractivity contribution in [2.45, 2.75) is 89.4 Å². The molecule has 3 saturated heterocycles. The van der Waals surface area contributed by atoms with Gasteiger partial charge < -0.3 is 39.2 Å². The number of cyclic esters (lactones) is 1.